The maximum absolute atomic E-state index is 11.4. The van der Waals surface area contributed by atoms with Gasteiger partial charge in [-0.15, -0.1) is 0 Å². The van der Waals surface area contributed by atoms with Crippen LogP contribution in [0.15, 0.2) is 26.2 Å². The zero-order chi connectivity index (χ0) is 12.4. The largest absolute Gasteiger partial charge is 0.361 e. The number of anilines is 1. The van der Waals surface area contributed by atoms with E-state index in [-0.39, 0.29) is 5.56 Å². The van der Waals surface area contributed by atoms with Gasteiger partial charge in [-0.1, -0.05) is 5.16 Å². The van der Waals surface area contributed by atoms with Gasteiger partial charge in [-0.05, 0) is 22.9 Å². The number of halogens is 1. The first kappa shape index (κ1) is 11.8. The summed E-state index contributed by atoms with van der Waals surface area (Å²) in [6.07, 6.45) is 1.37. The Balaban J connectivity index is 2.23. The molecule has 7 heteroatoms. The molecule has 0 saturated heterocycles. The van der Waals surface area contributed by atoms with Gasteiger partial charge in [0, 0.05) is 13.1 Å². The Morgan fingerprint density at radius 1 is 1.59 bits per heavy atom. The van der Waals surface area contributed by atoms with Crippen LogP contribution in [0.2, 0.25) is 0 Å². The van der Waals surface area contributed by atoms with Crippen LogP contribution in [0.3, 0.4) is 0 Å². The van der Waals surface area contributed by atoms with Crippen molar-refractivity contribution < 1.29 is 4.52 Å². The van der Waals surface area contributed by atoms with E-state index in [1.165, 1.54) is 6.33 Å². The first-order valence-electron chi connectivity index (χ1n) is 4.94. The highest BCUT2D eigenvalue weighted by Crippen LogP contribution is 2.19. The third-order valence-corrected chi connectivity index (χ3v) is 2.93. The van der Waals surface area contributed by atoms with Crippen molar-refractivity contribution in [2.45, 2.75) is 13.5 Å². The molecular weight excluding hydrogens is 288 g/mol. The summed E-state index contributed by atoms with van der Waals surface area (Å²) >= 11 is 3.21. The average molecular weight is 299 g/mol. The number of aryl methyl sites for hydroxylation is 1. The van der Waals surface area contributed by atoms with Crippen molar-refractivity contribution in [3.63, 3.8) is 0 Å². The van der Waals surface area contributed by atoms with Crippen molar-refractivity contribution in [2.75, 3.05) is 11.9 Å². The van der Waals surface area contributed by atoms with E-state index in [0.29, 0.717) is 16.8 Å². The molecule has 2 heterocycles. The Morgan fingerprint density at radius 2 is 2.35 bits per heavy atom. The van der Waals surface area contributed by atoms with Gasteiger partial charge in [0.2, 0.25) is 0 Å². The van der Waals surface area contributed by atoms with Gasteiger partial charge >= 0.3 is 0 Å². The zero-order valence-corrected chi connectivity index (χ0v) is 11.0. The van der Waals surface area contributed by atoms with Crippen molar-refractivity contribution in [1.29, 1.82) is 0 Å². The predicted molar refractivity (Wildman–Crippen MR) is 65.9 cm³/mol. The van der Waals surface area contributed by atoms with Crippen molar-refractivity contribution in [1.82, 2.24) is 15.1 Å². The standard InChI is InChI=1S/C10H11BrN4O2/c1-6-3-7(14-17-6)4-15(2)9-8(11)10(16)13-5-12-9/h3,5H,4H2,1-2H3,(H,12,13,16). The minimum Gasteiger partial charge on any atom is -0.361 e. The summed E-state index contributed by atoms with van der Waals surface area (Å²) in [5.41, 5.74) is 0.581. The second-order valence-electron chi connectivity index (χ2n) is 3.65. The molecule has 90 valence electrons. The van der Waals surface area contributed by atoms with Crippen LogP contribution in [0.25, 0.3) is 0 Å². The fraction of sp³-hybridized carbons (Fsp3) is 0.300. The molecule has 0 bridgehead atoms. The number of aromatic nitrogens is 3. The predicted octanol–water partition coefficient (Wildman–Crippen LogP) is 1.47. The second kappa shape index (κ2) is 4.70. The second-order valence-corrected chi connectivity index (χ2v) is 4.45. The molecule has 2 aromatic heterocycles. The number of hydrogen-bond acceptors (Lipinski definition) is 5. The molecule has 1 N–H and O–H groups in total. The van der Waals surface area contributed by atoms with E-state index < -0.39 is 0 Å². The van der Waals surface area contributed by atoms with E-state index in [0.717, 1.165) is 11.5 Å². The molecular formula is C10H11BrN4O2. The molecule has 17 heavy (non-hydrogen) atoms. The van der Waals surface area contributed by atoms with Crippen molar-refractivity contribution >= 4 is 21.7 Å². The van der Waals surface area contributed by atoms with Crippen LogP contribution in [0.1, 0.15) is 11.5 Å². The molecule has 0 fully saturated rings. The van der Waals surface area contributed by atoms with E-state index in [2.05, 4.69) is 31.1 Å². The average Bonchev–Trinajstić information content (AvgIpc) is 2.68. The quantitative estimate of drug-likeness (QED) is 0.928. The topological polar surface area (TPSA) is 75.0 Å². The van der Waals surface area contributed by atoms with Crippen molar-refractivity contribution in [2.24, 2.45) is 0 Å². The summed E-state index contributed by atoms with van der Waals surface area (Å²) in [5, 5.41) is 3.89. The Morgan fingerprint density at radius 3 is 3.00 bits per heavy atom. The minimum absolute atomic E-state index is 0.210. The monoisotopic (exact) mass is 298 g/mol. The minimum atomic E-state index is -0.210. The number of nitrogens with zero attached hydrogens (tertiary/aromatic N) is 3. The first-order valence-corrected chi connectivity index (χ1v) is 5.73. The molecule has 0 unspecified atom stereocenters. The number of rotatable bonds is 3. The first-order chi connectivity index (χ1) is 8.08. The van der Waals surface area contributed by atoms with Crippen LogP contribution >= 0.6 is 15.9 Å². The highest BCUT2D eigenvalue weighted by atomic mass is 79.9. The summed E-state index contributed by atoms with van der Waals surface area (Å²) in [4.78, 5) is 19.8. The van der Waals surface area contributed by atoms with E-state index in [1.54, 1.807) is 0 Å². The molecule has 0 spiro atoms. The Kier molecular flexibility index (Phi) is 3.28. The summed E-state index contributed by atoms with van der Waals surface area (Å²) < 4.78 is 5.38. The van der Waals surface area contributed by atoms with Crippen LogP contribution in [0, 0.1) is 6.92 Å². The number of nitrogens with one attached hydrogen (secondary N) is 1. The van der Waals surface area contributed by atoms with Gasteiger partial charge in [-0.25, -0.2) is 4.98 Å². The smallest absolute Gasteiger partial charge is 0.267 e. The van der Waals surface area contributed by atoms with Crippen molar-refractivity contribution in [3.8, 4) is 0 Å². The van der Waals surface area contributed by atoms with E-state index in [9.17, 15) is 4.79 Å². The van der Waals surface area contributed by atoms with Gasteiger partial charge in [0.25, 0.3) is 5.56 Å². The van der Waals surface area contributed by atoms with Gasteiger partial charge in [-0.2, -0.15) is 0 Å². The summed E-state index contributed by atoms with van der Waals surface area (Å²) in [7, 11) is 1.83. The fourth-order valence-corrected chi connectivity index (χ4v) is 1.97. The normalized spacial score (nSPS) is 10.5. The zero-order valence-electron chi connectivity index (χ0n) is 9.40. The molecule has 0 saturated carbocycles. The number of hydrogen-bond donors (Lipinski definition) is 1. The lowest BCUT2D eigenvalue weighted by Crippen LogP contribution is -2.22. The SMILES string of the molecule is Cc1cc(CN(C)c2nc[nH]c(=O)c2Br)no1. The number of H-pyrrole nitrogens is 1. The van der Waals surface area contributed by atoms with E-state index in [4.69, 9.17) is 4.52 Å². The fourth-order valence-electron chi connectivity index (χ4n) is 1.45. The molecule has 0 radical (unpaired) electrons. The van der Waals surface area contributed by atoms with Crippen LogP contribution in [-0.4, -0.2) is 22.2 Å². The molecule has 0 aromatic carbocycles. The Labute approximate surface area is 106 Å². The van der Waals surface area contributed by atoms with Gasteiger partial charge in [0.05, 0.1) is 12.9 Å². The number of aromatic amines is 1. The van der Waals surface area contributed by atoms with Crippen molar-refractivity contribution in [3.05, 3.63) is 38.7 Å². The maximum Gasteiger partial charge on any atom is 0.267 e. The Hall–Kier alpha value is -1.63. The van der Waals surface area contributed by atoms with Crippen LogP contribution in [-0.2, 0) is 6.54 Å². The molecule has 0 amide bonds. The third-order valence-electron chi connectivity index (χ3n) is 2.22. The van der Waals surface area contributed by atoms with E-state index in [1.807, 2.05) is 24.9 Å². The Bertz CT molecular complexity index is 578. The van der Waals surface area contributed by atoms with Gasteiger partial charge in [0.15, 0.2) is 0 Å². The molecule has 0 aliphatic carbocycles. The van der Waals surface area contributed by atoms with Crippen LogP contribution in [0.4, 0.5) is 5.82 Å². The molecule has 0 aliphatic heterocycles. The molecule has 0 atom stereocenters. The molecule has 0 aliphatic rings. The summed E-state index contributed by atoms with van der Waals surface area (Å²) in [6.45, 7) is 2.35. The van der Waals surface area contributed by atoms with E-state index >= 15 is 0 Å². The molecule has 6 nitrogen and oxygen atoms in total. The molecule has 2 aromatic rings. The lowest BCUT2D eigenvalue weighted by atomic mass is 10.3. The molecule has 2 rings (SSSR count). The van der Waals surface area contributed by atoms with Gasteiger partial charge in [-0.3, -0.25) is 4.79 Å². The highest BCUT2D eigenvalue weighted by molar-refractivity contribution is 9.10. The lowest BCUT2D eigenvalue weighted by molar-refractivity contribution is 0.390. The summed E-state index contributed by atoms with van der Waals surface area (Å²) in [5.74, 6) is 1.32. The lowest BCUT2D eigenvalue weighted by Gasteiger charge is -2.16. The van der Waals surface area contributed by atoms with Gasteiger partial charge < -0.3 is 14.4 Å². The van der Waals surface area contributed by atoms with Gasteiger partial charge in [0.1, 0.15) is 21.7 Å². The maximum atomic E-state index is 11.4. The summed E-state index contributed by atoms with van der Waals surface area (Å²) in [6, 6.07) is 1.84. The van der Waals surface area contributed by atoms with Crippen LogP contribution in [0.5, 0.6) is 0 Å². The highest BCUT2D eigenvalue weighted by Gasteiger charge is 2.12. The van der Waals surface area contributed by atoms with Crippen LogP contribution < -0.4 is 10.5 Å². The third kappa shape index (κ3) is 2.55.